The zero-order valence-corrected chi connectivity index (χ0v) is 13.2. The third kappa shape index (κ3) is 3.07. The van der Waals surface area contributed by atoms with Crippen LogP contribution in [0.1, 0.15) is 25.0 Å². The fourth-order valence-electron chi connectivity index (χ4n) is 2.27. The van der Waals surface area contributed by atoms with Crippen LogP contribution in [0, 0.1) is 0 Å². The molecule has 0 aliphatic rings. The summed E-state index contributed by atoms with van der Waals surface area (Å²) in [5, 5.41) is 0. The number of nitrogens with two attached hydrogens (primary N) is 1. The third-order valence-electron chi connectivity index (χ3n) is 3.19. The lowest BCUT2D eigenvalue weighted by molar-refractivity contribution is -0.116. The van der Waals surface area contributed by atoms with Gasteiger partial charge in [0.15, 0.2) is 0 Å². The van der Waals surface area contributed by atoms with Gasteiger partial charge in [-0.2, -0.15) is 0 Å². The molecule has 1 heterocycles. The van der Waals surface area contributed by atoms with Crippen LogP contribution in [0.5, 0.6) is 0 Å². The van der Waals surface area contributed by atoms with E-state index in [0.29, 0.717) is 12.2 Å². The number of Topliss-reactive ketones (excluding diaryl/α,β-unsaturated/α-hetero) is 1. The molecular weight excluding hydrogens is 316 g/mol. The van der Waals surface area contributed by atoms with Gasteiger partial charge in [0, 0.05) is 18.2 Å². The molecule has 0 amide bonds. The van der Waals surface area contributed by atoms with Crippen molar-refractivity contribution in [2.45, 2.75) is 26.7 Å². The predicted molar refractivity (Wildman–Crippen MR) is 85.5 cm³/mol. The van der Waals surface area contributed by atoms with E-state index in [4.69, 9.17) is 5.73 Å². The Morgan fingerprint density at radius 3 is 2.80 bits per heavy atom. The molecule has 0 saturated heterocycles. The normalized spacial score (nSPS) is 10.6. The molecule has 0 spiro atoms. The van der Waals surface area contributed by atoms with E-state index in [2.05, 4.69) is 27.8 Å². The second-order valence-electron chi connectivity index (χ2n) is 4.78. The van der Waals surface area contributed by atoms with E-state index in [0.717, 1.165) is 33.1 Å². The maximum atomic E-state index is 11.2. The lowest BCUT2D eigenvalue weighted by Crippen LogP contribution is -2.00. The molecule has 0 fully saturated rings. The van der Waals surface area contributed by atoms with Crippen LogP contribution in [0.2, 0.25) is 0 Å². The minimum atomic E-state index is 0.162. The van der Waals surface area contributed by atoms with Gasteiger partial charge in [-0.1, -0.05) is 31.2 Å². The van der Waals surface area contributed by atoms with E-state index in [-0.39, 0.29) is 5.78 Å². The molecule has 1 aromatic carbocycles. The number of hydrogen-bond donors (Lipinski definition) is 1. The highest BCUT2D eigenvalue weighted by Gasteiger charge is 2.11. The highest BCUT2D eigenvalue weighted by molar-refractivity contribution is 9.10. The van der Waals surface area contributed by atoms with Crippen LogP contribution in [0.25, 0.3) is 11.1 Å². The number of nitrogens with zero attached hydrogens (tertiary/aromatic N) is 1. The van der Waals surface area contributed by atoms with Gasteiger partial charge >= 0.3 is 0 Å². The molecule has 2 N–H and O–H groups in total. The molecular formula is C16H17BrN2O. The fraction of sp³-hybridized carbons (Fsp3) is 0.250. The molecule has 0 aliphatic heterocycles. The van der Waals surface area contributed by atoms with Crippen LogP contribution in [-0.2, 0) is 17.6 Å². The van der Waals surface area contributed by atoms with Crippen LogP contribution in [0.15, 0.2) is 34.9 Å². The van der Waals surface area contributed by atoms with Crippen LogP contribution >= 0.6 is 15.9 Å². The van der Waals surface area contributed by atoms with Crippen molar-refractivity contribution in [3.63, 3.8) is 0 Å². The lowest BCUT2D eigenvalue weighted by atomic mass is 9.97. The van der Waals surface area contributed by atoms with Gasteiger partial charge in [0.05, 0.1) is 4.47 Å². The highest BCUT2D eigenvalue weighted by Crippen LogP contribution is 2.32. The smallest absolute Gasteiger partial charge is 0.137 e. The maximum Gasteiger partial charge on any atom is 0.137 e. The zero-order chi connectivity index (χ0) is 14.7. The van der Waals surface area contributed by atoms with Crippen LogP contribution < -0.4 is 5.73 Å². The van der Waals surface area contributed by atoms with Crippen molar-refractivity contribution in [3.05, 3.63) is 46.1 Å². The summed E-state index contributed by atoms with van der Waals surface area (Å²) in [7, 11) is 0. The second-order valence-corrected chi connectivity index (χ2v) is 5.58. The summed E-state index contributed by atoms with van der Waals surface area (Å²) in [4.78, 5) is 15.5. The zero-order valence-electron chi connectivity index (χ0n) is 11.6. The van der Waals surface area contributed by atoms with E-state index in [1.807, 2.05) is 24.3 Å². The average Bonchev–Trinajstić information content (AvgIpc) is 2.41. The first-order valence-electron chi connectivity index (χ1n) is 6.54. The Morgan fingerprint density at radius 2 is 2.15 bits per heavy atom. The summed E-state index contributed by atoms with van der Waals surface area (Å²) < 4.78 is 0.856. The van der Waals surface area contributed by atoms with Gasteiger partial charge in [-0.25, -0.2) is 4.98 Å². The number of pyridine rings is 1. The molecule has 0 bridgehead atoms. The molecule has 4 heteroatoms. The molecule has 1 aromatic heterocycles. The Labute approximate surface area is 127 Å². The molecule has 0 aliphatic carbocycles. The highest BCUT2D eigenvalue weighted by atomic mass is 79.9. The van der Waals surface area contributed by atoms with Gasteiger partial charge in [-0.05, 0) is 46.0 Å². The molecule has 0 atom stereocenters. The van der Waals surface area contributed by atoms with Crippen molar-refractivity contribution in [2.24, 2.45) is 0 Å². The minimum Gasteiger partial charge on any atom is -0.383 e. The van der Waals surface area contributed by atoms with Gasteiger partial charge in [0.1, 0.15) is 11.6 Å². The van der Waals surface area contributed by atoms with E-state index in [1.165, 1.54) is 0 Å². The number of carbonyl (C=O) groups excluding carboxylic acids is 1. The Kier molecular flexibility index (Phi) is 4.55. The summed E-state index contributed by atoms with van der Waals surface area (Å²) in [6.07, 6.45) is 3.12. The van der Waals surface area contributed by atoms with Crippen molar-refractivity contribution >= 4 is 27.5 Å². The van der Waals surface area contributed by atoms with Crippen molar-refractivity contribution < 1.29 is 4.79 Å². The molecule has 20 heavy (non-hydrogen) atoms. The first kappa shape index (κ1) is 14.7. The van der Waals surface area contributed by atoms with Crippen LogP contribution in [0.4, 0.5) is 5.82 Å². The largest absolute Gasteiger partial charge is 0.383 e. The van der Waals surface area contributed by atoms with Crippen LogP contribution in [0.3, 0.4) is 0 Å². The Bertz CT molecular complexity index is 653. The summed E-state index contributed by atoms with van der Waals surface area (Å²) in [5.41, 5.74) is 10.1. The summed E-state index contributed by atoms with van der Waals surface area (Å²) >= 11 is 3.51. The first-order valence-corrected chi connectivity index (χ1v) is 7.33. The predicted octanol–water partition coefficient (Wildman–Crippen LogP) is 3.79. The van der Waals surface area contributed by atoms with E-state index < -0.39 is 0 Å². The fourth-order valence-corrected chi connectivity index (χ4v) is 2.87. The molecule has 3 nitrogen and oxygen atoms in total. The van der Waals surface area contributed by atoms with Gasteiger partial charge in [0.25, 0.3) is 0 Å². The SMILES string of the molecule is CCc1c(-c2cccc(CC(C)=O)c2)cnc(N)c1Br. The maximum absolute atomic E-state index is 11.2. The van der Waals surface area contributed by atoms with Gasteiger partial charge in [-0.15, -0.1) is 0 Å². The molecule has 0 saturated carbocycles. The molecule has 2 rings (SSSR count). The molecule has 0 unspecified atom stereocenters. The van der Waals surface area contributed by atoms with Gasteiger partial charge in [-0.3, -0.25) is 4.79 Å². The topological polar surface area (TPSA) is 56.0 Å². The quantitative estimate of drug-likeness (QED) is 0.926. The number of nitrogen functional groups attached to an aromatic ring is 1. The van der Waals surface area contributed by atoms with Crippen LogP contribution in [-0.4, -0.2) is 10.8 Å². The first-order chi connectivity index (χ1) is 9.52. The average molecular weight is 333 g/mol. The monoisotopic (exact) mass is 332 g/mol. The minimum absolute atomic E-state index is 0.162. The Hall–Kier alpha value is -1.68. The standard InChI is InChI=1S/C16H17BrN2O/c1-3-13-14(9-19-16(18)15(13)17)12-6-4-5-11(8-12)7-10(2)20/h4-6,8-9H,3,7H2,1-2H3,(H2,18,19). The van der Waals surface area contributed by atoms with Crippen molar-refractivity contribution in [1.29, 1.82) is 0 Å². The molecule has 2 aromatic rings. The van der Waals surface area contributed by atoms with Crippen molar-refractivity contribution in [1.82, 2.24) is 4.98 Å². The van der Waals surface area contributed by atoms with Gasteiger partial charge < -0.3 is 5.73 Å². The number of aromatic nitrogens is 1. The number of benzene rings is 1. The second kappa shape index (κ2) is 6.18. The third-order valence-corrected chi connectivity index (χ3v) is 4.08. The Morgan fingerprint density at radius 1 is 1.40 bits per heavy atom. The van der Waals surface area contributed by atoms with Crippen molar-refractivity contribution in [2.75, 3.05) is 5.73 Å². The van der Waals surface area contributed by atoms with E-state index >= 15 is 0 Å². The molecule has 104 valence electrons. The number of hydrogen-bond acceptors (Lipinski definition) is 3. The Balaban J connectivity index is 2.51. The van der Waals surface area contributed by atoms with Gasteiger partial charge in [0.2, 0.25) is 0 Å². The summed E-state index contributed by atoms with van der Waals surface area (Å²) in [6.45, 7) is 3.69. The van der Waals surface area contributed by atoms with E-state index in [9.17, 15) is 4.79 Å². The number of rotatable bonds is 4. The van der Waals surface area contributed by atoms with E-state index in [1.54, 1.807) is 13.1 Å². The number of halogens is 1. The molecule has 0 radical (unpaired) electrons. The number of ketones is 1. The lowest BCUT2D eigenvalue weighted by Gasteiger charge is -2.12. The summed E-state index contributed by atoms with van der Waals surface area (Å²) in [6, 6.07) is 8.01. The number of anilines is 1. The van der Waals surface area contributed by atoms with Crippen molar-refractivity contribution in [3.8, 4) is 11.1 Å². The number of carbonyl (C=O) groups is 1. The summed E-state index contributed by atoms with van der Waals surface area (Å²) in [5.74, 6) is 0.667.